The lowest BCUT2D eigenvalue weighted by molar-refractivity contribution is -0.135. The number of benzene rings is 1. The van der Waals surface area contributed by atoms with Crippen molar-refractivity contribution in [2.24, 2.45) is 22.6 Å². The number of aliphatic imine (C=N–C) groups is 1. The molecule has 0 radical (unpaired) electrons. The molecule has 0 spiro atoms. The van der Waals surface area contributed by atoms with Crippen LogP contribution in [0.5, 0.6) is 0 Å². The molecule has 0 unspecified atom stereocenters. The molecular weight excluding hydrogens is 675 g/mol. The minimum absolute atomic E-state index is 0.0180. The van der Waals surface area contributed by atoms with Crippen LogP contribution >= 0.6 is 23.5 Å². The summed E-state index contributed by atoms with van der Waals surface area (Å²) in [5.41, 5.74) is 9.14. The van der Waals surface area contributed by atoms with E-state index in [0.29, 0.717) is 30.1 Å². The highest BCUT2D eigenvalue weighted by molar-refractivity contribution is 8.00. The largest absolute Gasteiger partial charge is 0.368 e. The first-order valence-electron chi connectivity index (χ1n) is 17.2. The summed E-state index contributed by atoms with van der Waals surface area (Å²) < 4.78 is 0. The van der Waals surface area contributed by atoms with Gasteiger partial charge in [0.1, 0.15) is 24.2 Å². The Hall–Kier alpha value is -3.78. The molecule has 2 heterocycles. The number of para-hydroxylation sites is 1. The summed E-state index contributed by atoms with van der Waals surface area (Å²) in [6.45, 7) is 11.4. The van der Waals surface area contributed by atoms with Crippen molar-refractivity contribution in [2.75, 3.05) is 23.0 Å². The molecule has 0 aliphatic carbocycles. The number of aromatic amines is 1. The van der Waals surface area contributed by atoms with Crippen molar-refractivity contribution >= 4 is 69.7 Å². The van der Waals surface area contributed by atoms with E-state index in [1.165, 1.54) is 11.8 Å². The summed E-state index contributed by atoms with van der Waals surface area (Å²) in [7, 11) is 0. The zero-order chi connectivity index (χ0) is 36.8. The van der Waals surface area contributed by atoms with Gasteiger partial charge in [-0.1, -0.05) is 58.4 Å². The minimum atomic E-state index is -0.985. The third kappa shape index (κ3) is 12.5. The normalized spacial score (nSPS) is 25.3. The van der Waals surface area contributed by atoms with Crippen LogP contribution in [0.1, 0.15) is 66.4 Å². The Kier molecular flexibility index (Phi) is 16.4. The van der Waals surface area contributed by atoms with Crippen molar-refractivity contribution in [2.45, 2.75) is 91.4 Å². The molecule has 7 N–H and O–H groups in total. The first kappa shape index (κ1) is 40.6. The third-order valence-electron chi connectivity index (χ3n) is 8.53. The van der Waals surface area contributed by atoms with Crippen molar-refractivity contribution in [3.8, 4) is 0 Å². The number of carbonyl (C=O) groups excluding carboxylic acids is 5. The molecule has 14 heteroatoms. The second kappa shape index (κ2) is 20.2. The molecule has 1 aliphatic heterocycles. The molecule has 5 amide bonds. The third-order valence-corrected chi connectivity index (χ3v) is 10.7. The predicted octanol–water partition coefficient (Wildman–Crippen LogP) is 3.46. The molecule has 0 saturated heterocycles. The van der Waals surface area contributed by atoms with E-state index in [2.05, 4.69) is 26.3 Å². The number of primary amides is 1. The Morgan fingerprint density at radius 3 is 2.38 bits per heavy atom. The van der Waals surface area contributed by atoms with Gasteiger partial charge in [0, 0.05) is 64.4 Å². The molecule has 12 nitrogen and oxygen atoms in total. The molecular formula is C36H53N7O5S2. The Balaban J connectivity index is 1.97. The summed E-state index contributed by atoms with van der Waals surface area (Å²) in [6, 6.07) is 3.83. The fraction of sp³-hybridized carbons (Fsp3) is 0.556. The van der Waals surface area contributed by atoms with Crippen LogP contribution in [0.3, 0.4) is 0 Å². The highest BCUT2D eigenvalue weighted by Crippen LogP contribution is 2.20. The number of hydrogen-bond donors (Lipinski definition) is 6. The predicted molar refractivity (Wildman–Crippen MR) is 204 cm³/mol. The van der Waals surface area contributed by atoms with Gasteiger partial charge >= 0.3 is 0 Å². The van der Waals surface area contributed by atoms with Crippen molar-refractivity contribution in [1.29, 1.82) is 0 Å². The van der Waals surface area contributed by atoms with Gasteiger partial charge in [-0.15, -0.1) is 0 Å². The monoisotopic (exact) mass is 727 g/mol. The second-order valence-corrected chi connectivity index (χ2v) is 15.3. The van der Waals surface area contributed by atoms with Crippen molar-refractivity contribution < 1.29 is 24.0 Å². The number of carbonyl (C=O) groups is 5. The maximum atomic E-state index is 14.0. The van der Waals surface area contributed by atoms with Gasteiger partial charge in [0.25, 0.3) is 0 Å². The number of thioether (sulfide) groups is 2. The topological polar surface area (TPSA) is 188 Å². The quantitative estimate of drug-likeness (QED) is 0.252. The van der Waals surface area contributed by atoms with Gasteiger partial charge in [0.05, 0.1) is 0 Å². The van der Waals surface area contributed by atoms with Crippen LogP contribution in [0.4, 0.5) is 0 Å². The van der Waals surface area contributed by atoms with Gasteiger partial charge in [-0.05, 0) is 43.7 Å². The first-order chi connectivity index (χ1) is 23.8. The van der Waals surface area contributed by atoms with E-state index in [1.54, 1.807) is 11.8 Å². The molecule has 0 bridgehead atoms. The number of H-pyrrole nitrogens is 1. The molecule has 5 atom stereocenters. The highest BCUT2D eigenvalue weighted by atomic mass is 32.2. The molecule has 0 saturated carbocycles. The molecule has 1 aromatic carbocycles. The van der Waals surface area contributed by atoms with Gasteiger partial charge in [-0.3, -0.25) is 29.0 Å². The number of nitrogens with zero attached hydrogens (tertiary/aromatic N) is 1. The van der Waals surface area contributed by atoms with E-state index in [4.69, 9.17) is 10.7 Å². The average molecular weight is 728 g/mol. The number of aromatic nitrogens is 1. The van der Waals surface area contributed by atoms with Crippen LogP contribution in [0.2, 0.25) is 0 Å². The standard InChI is InChI=1S/C36H53N7O5S2/c1-7-22(5)32-36(48)42-30(33(37)45)20-50-18-23(6)39-25(8-2)19-49-14-13-31(44)40-29(16-24-17-38-27-12-10-9-11-26(24)27)34(46)41-28(15-21(3)4)35(47)43-32/h8-12,17,21-22,28-30,32,38H,7,13-16,18-20H2,1-6H3,(H2,37,45)(H,40,44)(H,41,46)(H,42,48)(H,43,47)/b25-8-,39-23+/t22-,28-,29-,30-,32-/m0/s1. The van der Waals surface area contributed by atoms with Crippen molar-refractivity contribution in [1.82, 2.24) is 26.3 Å². The molecule has 3 rings (SSSR count). The van der Waals surface area contributed by atoms with E-state index in [0.717, 1.165) is 27.9 Å². The lowest BCUT2D eigenvalue weighted by atomic mass is 9.96. The van der Waals surface area contributed by atoms with Crippen molar-refractivity contribution in [3.05, 3.63) is 47.8 Å². The Morgan fingerprint density at radius 2 is 1.70 bits per heavy atom. The smallest absolute Gasteiger partial charge is 0.243 e. The number of hydrogen-bond acceptors (Lipinski definition) is 8. The number of rotatable bonds is 7. The molecule has 1 aromatic heterocycles. The maximum absolute atomic E-state index is 14.0. The van der Waals surface area contributed by atoms with E-state index in [-0.39, 0.29) is 36.3 Å². The highest BCUT2D eigenvalue weighted by Gasteiger charge is 2.33. The Bertz CT molecular complexity index is 1560. The second-order valence-electron chi connectivity index (χ2n) is 13.2. The van der Waals surface area contributed by atoms with Gasteiger partial charge in [0.15, 0.2) is 0 Å². The number of nitrogens with two attached hydrogens (primary N) is 1. The lowest BCUT2D eigenvalue weighted by Gasteiger charge is -2.29. The molecule has 274 valence electrons. The van der Waals surface area contributed by atoms with Gasteiger partial charge in [-0.25, -0.2) is 0 Å². The summed E-state index contributed by atoms with van der Waals surface area (Å²) in [5.74, 6) is -0.934. The van der Waals surface area contributed by atoms with Crippen LogP contribution < -0.4 is 27.0 Å². The summed E-state index contributed by atoms with van der Waals surface area (Å²) in [5, 5.41) is 12.4. The van der Waals surface area contributed by atoms with E-state index >= 15 is 0 Å². The number of fused-ring (bicyclic) bond motifs is 1. The minimum Gasteiger partial charge on any atom is -0.368 e. The van der Waals surface area contributed by atoms with Crippen LogP contribution in [-0.2, 0) is 30.4 Å². The zero-order valence-corrected chi connectivity index (χ0v) is 31.6. The Morgan fingerprint density at radius 1 is 0.980 bits per heavy atom. The van der Waals surface area contributed by atoms with E-state index in [1.807, 2.05) is 78.1 Å². The summed E-state index contributed by atoms with van der Waals surface area (Å²) in [4.78, 5) is 75.1. The van der Waals surface area contributed by atoms with Crippen LogP contribution in [0.25, 0.3) is 10.9 Å². The summed E-state index contributed by atoms with van der Waals surface area (Å²) in [6.07, 6.45) is 5.00. The number of nitrogens with one attached hydrogen (secondary N) is 5. The SMILES string of the molecule is C/C=C1CSCCC(=O)N[C@@H](Cc2c[nH]c3ccccc23)C(=O)N[C@@H](CC(C)C)C(=O)N[C@@H]([C@@H](C)CC)C(=O)N[C@H](C(N)=O)CSC/C(C)=N/1. The number of amides is 5. The molecule has 2 aromatic rings. The van der Waals surface area contributed by atoms with Gasteiger partial charge in [-0.2, -0.15) is 23.5 Å². The van der Waals surface area contributed by atoms with Gasteiger partial charge < -0.3 is 32.0 Å². The molecule has 1 aliphatic rings. The van der Waals surface area contributed by atoms with Crippen LogP contribution in [-0.4, -0.2) is 87.4 Å². The van der Waals surface area contributed by atoms with Gasteiger partial charge in [0.2, 0.25) is 29.5 Å². The molecule has 50 heavy (non-hydrogen) atoms. The fourth-order valence-electron chi connectivity index (χ4n) is 5.51. The lowest BCUT2D eigenvalue weighted by Crippen LogP contribution is -2.60. The average Bonchev–Trinajstić information content (AvgIpc) is 3.48. The maximum Gasteiger partial charge on any atom is 0.243 e. The van der Waals surface area contributed by atoms with Crippen LogP contribution in [0.15, 0.2) is 47.2 Å². The zero-order valence-electron chi connectivity index (χ0n) is 30.0. The first-order valence-corrected chi connectivity index (χ1v) is 19.5. The molecule has 0 fully saturated rings. The van der Waals surface area contributed by atoms with E-state index < -0.39 is 47.8 Å². The number of allylic oxidation sites excluding steroid dienone is 1. The van der Waals surface area contributed by atoms with Crippen molar-refractivity contribution in [3.63, 3.8) is 0 Å². The summed E-state index contributed by atoms with van der Waals surface area (Å²) >= 11 is 2.98. The van der Waals surface area contributed by atoms with Crippen LogP contribution in [0, 0.1) is 11.8 Å². The fourth-order valence-corrected chi connectivity index (χ4v) is 7.38. The Labute approximate surface area is 303 Å². The van der Waals surface area contributed by atoms with E-state index in [9.17, 15) is 24.0 Å².